The molecule has 7 heteroatoms. The van der Waals surface area contributed by atoms with Gasteiger partial charge in [0.1, 0.15) is 12.4 Å². The van der Waals surface area contributed by atoms with Crippen molar-refractivity contribution in [1.82, 2.24) is 9.62 Å². The van der Waals surface area contributed by atoms with Gasteiger partial charge >= 0.3 is 0 Å². The van der Waals surface area contributed by atoms with Gasteiger partial charge in [-0.3, -0.25) is 4.79 Å². The first-order chi connectivity index (χ1) is 13.5. The second-order valence-corrected chi connectivity index (χ2v) is 8.99. The summed E-state index contributed by atoms with van der Waals surface area (Å²) in [4.78, 5) is 12.9. The summed E-state index contributed by atoms with van der Waals surface area (Å²) in [6.07, 6.45) is 1.35. The minimum atomic E-state index is -3.57. The predicted octanol–water partition coefficient (Wildman–Crippen LogP) is 2.67. The summed E-state index contributed by atoms with van der Waals surface area (Å²) < 4.78 is 32.7. The van der Waals surface area contributed by atoms with E-state index in [1.165, 1.54) is 4.31 Å². The van der Waals surface area contributed by atoms with Gasteiger partial charge in [-0.15, -0.1) is 0 Å². The summed E-state index contributed by atoms with van der Waals surface area (Å²) in [7, 11) is -3.57. The maximum absolute atomic E-state index is 12.8. The molecule has 1 heterocycles. The Morgan fingerprint density at radius 3 is 2.46 bits per heavy atom. The van der Waals surface area contributed by atoms with Crippen LogP contribution < -0.4 is 10.1 Å². The second-order valence-electron chi connectivity index (χ2n) is 7.05. The molecule has 28 heavy (non-hydrogen) atoms. The average molecular weight is 403 g/mol. The Balaban J connectivity index is 1.55. The highest BCUT2D eigenvalue weighted by Gasteiger charge is 2.33. The van der Waals surface area contributed by atoms with E-state index in [2.05, 4.69) is 5.32 Å². The van der Waals surface area contributed by atoms with Gasteiger partial charge in [0.2, 0.25) is 15.9 Å². The molecular weight excluding hydrogens is 376 g/mol. The van der Waals surface area contributed by atoms with Crippen molar-refractivity contribution < 1.29 is 17.9 Å². The Morgan fingerprint density at radius 1 is 1.14 bits per heavy atom. The van der Waals surface area contributed by atoms with Crippen LogP contribution in [-0.4, -0.2) is 44.4 Å². The lowest BCUT2D eigenvalue weighted by molar-refractivity contribution is -0.126. The molecule has 1 saturated heterocycles. The third kappa shape index (κ3) is 5.11. The summed E-state index contributed by atoms with van der Waals surface area (Å²) in [6, 6.07) is 17.6. The van der Waals surface area contributed by atoms with Crippen LogP contribution in [0.3, 0.4) is 0 Å². The van der Waals surface area contributed by atoms with Crippen molar-refractivity contribution in [3.63, 3.8) is 0 Å². The first kappa shape index (κ1) is 20.4. The minimum Gasteiger partial charge on any atom is -0.491 e. The van der Waals surface area contributed by atoms with Gasteiger partial charge in [0.25, 0.3) is 0 Å². The number of carbonyl (C=O) groups is 1. The maximum atomic E-state index is 12.8. The number of hydrogen-bond donors (Lipinski definition) is 1. The number of nitrogens with zero attached hydrogens (tertiary/aromatic N) is 1. The number of para-hydroxylation sites is 1. The van der Waals surface area contributed by atoms with Crippen molar-refractivity contribution >= 4 is 15.9 Å². The van der Waals surface area contributed by atoms with E-state index in [0.717, 1.165) is 5.75 Å². The van der Waals surface area contributed by atoms with Crippen LogP contribution in [0.1, 0.15) is 19.8 Å². The number of hydrogen-bond acceptors (Lipinski definition) is 4. The number of carbonyl (C=O) groups excluding carboxylic acids is 1. The normalized spacial score (nSPS) is 19.0. The zero-order valence-corrected chi connectivity index (χ0v) is 16.8. The topological polar surface area (TPSA) is 75.7 Å². The van der Waals surface area contributed by atoms with Crippen LogP contribution in [0, 0.1) is 5.92 Å². The van der Waals surface area contributed by atoms with E-state index < -0.39 is 10.0 Å². The lowest BCUT2D eigenvalue weighted by atomic mass is 9.98. The van der Waals surface area contributed by atoms with E-state index in [1.54, 1.807) is 30.3 Å². The smallest absolute Gasteiger partial charge is 0.243 e. The van der Waals surface area contributed by atoms with E-state index in [1.807, 2.05) is 37.3 Å². The molecule has 150 valence electrons. The molecule has 0 aliphatic carbocycles. The Bertz CT molecular complexity index is 872. The third-order valence-corrected chi connectivity index (χ3v) is 6.65. The minimum absolute atomic E-state index is 0.128. The number of rotatable bonds is 7. The first-order valence-corrected chi connectivity index (χ1v) is 10.9. The Morgan fingerprint density at radius 2 is 1.79 bits per heavy atom. The molecule has 1 aliphatic rings. The van der Waals surface area contributed by atoms with Gasteiger partial charge in [0.15, 0.2) is 0 Å². The quantitative estimate of drug-likeness (QED) is 0.773. The lowest BCUT2D eigenvalue weighted by Gasteiger charge is -2.31. The van der Waals surface area contributed by atoms with Crippen molar-refractivity contribution in [2.45, 2.75) is 30.7 Å². The molecule has 2 aromatic carbocycles. The van der Waals surface area contributed by atoms with Gasteiger partial charge in [0, 0.05) is 13.1 Å². The van der Waals surface area contributed by atoms with Gasteiger partial charge in [-0.05, 0) is 44.0 Å². The summed E-state index contributed by atoms with van der Waals surface area (Å²) in [5.74, 6) is 0.268. The highest BCUT2D eigenvalue weighted by Crippen LogP contribution is 2.24. The van der Waals surface area contributed by atoms with Crippen molar-refractivity contribution in [3.05, 3.63) is 60.7 Å². The van der Waals surface area contributed by atoms with Crippen molar-refractivity contribution in [2.75, 3.05) is 19.7 Å². The monoisotopic (exact) mass is 402 g/mol. The average Bonchev–Trinajstić information content (AvgIpc) is 2.73. The van der Waals surface area contributed by atoms with Crippen molar-refractivity contribution in [2.24, 2.45) is 5.92 Å². The molecule has 1 fully saturated rings. The number of piperidine rings is 1. The number of ether oxygens (including phenoxy) is 1. The van der Waals surface area contributed by atoms with Crippen LogP contribution in [0.5, 0.6) is 5.75 Å². The van der Waals surface area contributed by atoms with Crippen molar-refractivity contribution in [3.8, 4) is 5.75 Å². The van der Waals surface area contributed by atoms with Crippen LogP contribution in [0.25, 0.3) is 0 Å². The van der Waals surface area contributed by atoms with E-state index in [4.69, 9.17) is 4.74 Å². The number of amides is 1. The molecule has 1 N–H and O–H groups in total. The van der Waals surface area contributed by atoms with Crippen LogP contribution in [0.15, 0.2) is 65.6 Å². The molecular formula is C21H26N2O4S. The standard InChI is InChI=1S/C21H26N2O4S/c1-17(16-27-19-10-4-2-5-11-19)22-21(24)18-9-8-14-23(15-18)28(25,26)20-12-6-3-7-13-20/h2-7,10-13,17-18H,8-9,14-16H2,1H3,(H,22,24). The molecule has 2 aromatic rings. The lowest BCUT2D eigenvalue weighted by Crippen LogP contribution is -2.48. The van der Waals surface area contributed by atoms with E-state index in [0.29, 0.717) is 26.0 Å². The molecule has 2 atom stereocenters. The fourth-order valence-corrected chi connectivity index (χ4v) is 4.80. The number of benzene rings is 2. The van der Waals surface area contributed by atoms with Crippen LogP contribution in [0.4, 0.5) is 0 Å². The fraction of sp³-hybridized carbons (Fsp3) is 0.381. The van der Waals surface area contributed by atoms with E-state index in [9.17, 15) is 13.2 Å². The zero-order valence-electron chi connectivity index (χ0n) is 16.0. The van der Waals surface area contributed by atoms with Crippen LogP contribution >= 0.6 is 0 Å². The SMILES string of the molecule is CC(COc1ccccc1)NC(=O)C1CCCN(S(=O)(=O)c2ccccc2)C1. The van der Waals surface area contributed by atoms with Crippen molar-refractivity contribution in [1.29, 1.82) is 0 Å². The third-order valence-electron chi connectivity index (χ3n) is 4.77. The zero-order chi connectivity index (χ0) is 20.0. The van der Waals surface area contributed by atoms with Crippen LogP contribution in [-0.2, 0) is 14.8 Å². The van der Waals surface area contributed by atoms with Crippen LogP contribution in [0.2, 0.25) is 0 Å². The molecule has 6 nitrogen and oxygen atoms in total. The summed E-state index contributed by atoms with van der Waals surface area (Å²) in [6.45, 7) is 2.87. The van der Waals surface area contributed by atoms with Gasteiger partial charge in [0.05, 0.1) is 16.9 Å². The highest BCUT2D eigenvalue weighted by atomic mass is 32.2. The largest absolute Gasteiger partial charge is 0.491 e. The summed E-state index contributed by atoms with van der Waals surface area (Å²) in [5, 5.41) is 2.95. The molecule has 2 unspecified atom stereocenters. The summed E-state index contributed by atoms with van der Waals surface area (Å²) >= 11 is 0. The number of sulfonamides is 1. The van der Waals surface area contributed by atoms with E-state index >= 15 is 0 Å². The Kier molecular flexibility index (Phi) is 6.70. The van der Waals surface area contributed by atoms with Gasteiger partial charge < -0.3 is 10.1 Å². The maximum Gasteiger partial charge on any atom is 0.243 e. The van der Waals surface area contributed by atoms with Gasteiger partial charge in [-0.2, -0.15) is 4.31 Å². The first-order valence-electron chi connectivity index (χ1n) is 9.50. The summed E-state index contributed by atoms with van der Waals surface area (Å²) in [5.41, 5.74) is 0. The molecule has 0 saturated carbocycles. The predicted molar refractivity (Wildman–Crippen MR) is 107 cm³/mol. The number of nitrogens with one attached hydrogen (secondary N) is 1. The molecule has 0 spiro atoms. The van der Waals surface area contributed by atoms with Gasteiger partial charge in [-0.25, -0.2) is 8.42 Å². The molecule has 0 radical (unpaired) electrons. The molecule has 0 bridgehead atoms. The molecule has 3 rings (SSSR count). The Hall–Kier alpha value is -2.38. The molecule has 1 amide bonds. The molecule has 0 aromatic heterocycles. The molecule has 1 aliphatic heterocycles. The highest BCUT2D eigenvalue weighted by molar-refractivity contribution is 7.89. The van der Waals surface area contributed by atoms with Gasteiger partial charge in [-0.1, -0.05) is 36.4 Å². The Labute approximate surface area is 166 Å². The van der Waals surface area contributed by atoms with E-state index in [-0.39, 0.29) is 29.3 Å². The fourth-order valence-electron chi connectivity index (χ4n) is 3.26. The second kappa shape index (κ2) is 9.21.